The van der Waals surface area contributed by atoms with Crippen molar-refractivity contribution in [3.8, 4) is 0 Å². The second-order valence-corrected chi connectivity index (χ2v) is 5.32. The van der Waals surface area contributed by atoms with E-state index < -0.39 is 0 Å². The van der Waals surface area contributed by atoms with Gasteiger partial charge in [-0.2, -0.15) is 0 Å². The van der Waals surface area contributed by atoms with Crippen LogP contribution in [0.3, 0.4) is 0 Å². The van der Waals surface area contributed by atoms with E-state index in [4.69, 9.17) is 0 Å². The number of H-pyrrole nitrogens is 1. The summed E-state index contributed by atoms with van der Waals surface area (Å²) >= 11 is 0. The Hall–Kier alpha value is -1.28. The summed E-state index contributed by atoms with van der Waals surface area (Å²) < 4.78 is 0. The standard InChI is InChI=1S/C16H24N2/c1-5-13-6-7-16-15(10-13)14(12(4)18-16)8-9-17-11(2)3/h6-7,10-11,17-18H,5,8-9H2,1-4H3. The first-order valence-corrected chi connectivity index (χ1v) is 6.95. The molecule has 0 amide bonds. The number of rotatable bonds is 5. The highest BCUT2D eigenvalue weighted by molar-refractivity contribution is 5.85. The zero-order valence-electron chi connectivity index (χ0n) is 11.9. The number of aromatic nitrogens is 1. The lowest BCUT2D eigenvalue weighted by molar-refractivity contribution is 0.590. The Morgan fingerprint density at radius 1 is 1.28 bits per heavy atom. The molecule has 2 rings (SSSR count). The molecule has 0 spiro atoms. The molecular formula is C16H24N2. The fourth-order valence-corrected chi connectivity index (χ4v) is 2.46. The smallest absolute Gasteiger partial charge is 0.0459 e. The van der Waals surface area contributed by atoms with Crippen LogP contribution in [0.5, 0.6) is 0 Å². The zero-order valence-corrected chi connectivity index (χ0v) is 11.9. The van der Waals surface area contributed by atoms with Crippen molar-refractivity contribution < 1.29 is 0 Å². The summed E-state index contributed by atoms with van der Waals surface area (Å²) in [6.07, 6.45) is 2.20. The first-order valence-electron chi connectivity index (χ1n) is 6.95. The summed E-state index contributed by atoms with van der Waals surface area (Å²) in [6.45, 7) is 9.81. The van der Waals surface area contributed by atoms with Gasteiger partial charge < -0.3 is 10.3 Å². The first-order chi connectivity index (χ1) is 8.61. The summed E-state index contributed by atoms with van der Waals surface area (Å²) in [6, 6.07) is 7.32. The van der Waals surface area contributed by atoms with Crippen molar-refractivity contribution >= 4 is 10.9 Å². The third-order valence-electron chi connectivity index (χ3n) is 3.52. The average molecular weight is 244 g/mol. The van der Waals surface area contributed by atoms with Crippen LogP contribution in [0.2, 0.25) is 0 Å². The van der Waals surface area contributed by atoms with Gasteiger partial charge in [0, 0.05) is 22.6 Å². The molecule has 0 fully saturated rings. The van der Waals surface area contributed by atoms with Crippen LogP contribution in [-0.4, -0.2) is 17.6 Å². The molecule has 0 unspecified atom stereocenters. The highest BCUT2D eigenvalue weighted by Crippen LogP contribution is 2.24. The van der Waals surface area contributed by atoms with Crippen LogP contribution in [-0.2, 0) is 12.8 Å². The van der Waals surface area contributed by atoms with Crippen molar-refractivity contribution in [3.05, 3.63) is 35.0 Å². The van der Waals surface area contributed by atoms with Gasteiger partial charge in [0.15, 0.2) is 0 Å². The molecule has 18 heavy (non-hydrogen) atoms. The largest absolute Gasteiger partial charge is 0.358 e. The molecule has 0 bridgehead atoms. The average Bonchev–Trinajstić information content (AvgIpc) is 2.64. The minimum absolute atomic E-state index is 0.557. The van der Waals surface area contributed by atoms with E-state index in [1.54, 1.807) is 0 Å². The van der Waals surface area contributed by atoms with Crippen molar-refractivity contribution in [1.29, 1.82) is 0 Å². The second kappa shape index (κ2) is 5.57. The van der Waals surface area contributed by atoms with E-state index in [-0.39, 0.29) is 0 Å². The maximum absolute atomic E-state index is 3.49. The van der Waals surface area contributed by atoms with Crippen LogP contribution in [0.1, 0.15) is 37.6 Å². The predicted octanol–water partition coefficient (Wildman–Crippen LogP) is 3.58. The van der Waals surface area contributed by atoms with Crippen LogP contribution >= 0.6 is 0 Å². The van der Waals surface area contributed by atoms with E-state index in [0.29, 0.717) is 6.04 Å². The van der Waals surface area contributed by atoms with Gasteiger partial charge in [-0.3, -0.25) is 0 Å². The van der Waals surface area contributed by atoms with E-state index in [2.05, 4.69) is 56.2 Å². The van der Waals surface area contributed by atoms with E-state index in [1.165, 1.54) is 27.7 Å². The maximum atomic E-state index is 3.49. The minimum Gasteiger partial charge on any atom is -0.358 e. The van der Waals surface area contributed by atoms with E-state index >= 15 is 0 Å². The molecule has 0 aliphatic rings. The Morgan fingerprint density at radius 2 is 2.06 bits per heavy atom. The minimum atomic E-state index is 0.557. The fraction of sp³-hybridized carbons (Fsp3) is 0.500. The number of fused-ring (bicyclic) bond motifs is 1. The number of hydrogen-bond donors (Lipinski definition) is 2. The monoisotopic (exact) mass is 244 g/mol. The third kappa shape index (κ3) is 2.75. The van der Waals surface area contributed by atoms with Crippen molar-refractivity contribution in [1.82, 2.24) is 10.3 Å². The molecule has 1 aromatic carbocycles. The Bertz CT molecular complexity index is 523. The van der Waals surface area contributed by atoms with Gasteiger partial charge in [-0.25, -0.2) is 0 Å². The number of aryl methyl sites for hydroxylation is 2. The number of aromatic amines is 1. The van der Waals surface area contributed by atoms with Gasteiger partial charge in [-0.1, -0.05) is 26.8 Å². The van der Waals surface area contributed by atoms with Gasteiger partial charge in [0.2, 0.25) is 0 Å². The predicted molar refractivity (Wildman–Crippen MR) is 79.3 cm³/mol. The summed E-state index contributed by atoms with van der Waals surface area (Å²) in [5.74, 6) is 0. The summed E-state index contributed by atoms with van der Waals surface area (Å²) in [7, 11) is 0. The molecule has 2 nitrogen and oxygen atoms in total. The second-order valence-electron chi connectivity index (χ2n) is 5.32. The molecule has 0 aliphatic heterocycles. The molecule has 0 saturated heterocycles. The van der Waals surface area contributed by atoms with E-state index in [9.17, 15) is 0 Å². The molecule has 1 heterocycles. The Morgan fingerprint density at radius 3 is 2.72 bits per heavy atom. The highest BCUT2D eigenvalue weighted by atomic mass is 14.9. The lowest BCUT2D eigenvalue weighted by Crippen LogP contribution is -2.25. The summed E-state index contributed by atoms with van der Waals surface area (Å²) in [5, 5.41) is 4.89. The van der Waals surface area contributed by atoms with Gasteiger partial charge in [0.1, 0.15) is 0 Å². The van der Waals surface area contributed by atoms with Crippen molar-refractivity contribution in [3.63, 3.8) is 0 Å². The Balaban J connectivity index is 2.27. The van der Waals surface area contributed by atoms with Gasteiger partial charge in [0.05, 0.1) is 0 Å². The zero-order chi connectivity index (χ0) is 13.1. The van der Waals surface area contributed by atoms with E-state index in [0.717, 1.165) is 19.4 Å². The Kier molecular flexibility index (Phi) is 4.07. The number of benzene rings is 1. The quantitative estimate of drug-likeness (QED) is 0.826. The number of hydrogen-bond acceptors (Lipinski definition) is 1. The molecule has 2 aromatic rings. The van der Waals surface area contributed by atoms with E-state index in [1.807, 2.05) is 0 Å². The lowest BCUT2D eigenvalue weighted by Gasteiger charge is -2.08. The molecule has 0 atom stereocenters. The van der Waals surface area contributed by atoms with Crippen molar-refractivity contribution in [2.24, 2.45) is 0 Å². The molecule has 0 radical (unpaired) electrons. The molecule has 98 valence electrons. The van der Waals surface area contributed by atoms with Crippen LogP contribution in [0.25, 0.3) is 10.9 Å². The summed E-state index contributed by atoms with van der Waals surface area (Å²) in [4.78, 5) is 3.49. The van der Waals surface area contributed by atoms with Gasteiger partial charge in [0.25, 0.3) is 0 Å². The van der Waals surface area contributed by atoms with Crippen LogP contribution < -0.4 is 5.32 Å². The van der Waals surface area contributed by atoms with Crippen LogP contribution in [0, 0.1) is 6.92 Å². The summed E-state index contributed by atoms with van der Waals surface area (Å²) in [5.41, 5.74) is 5.46. The van der Waals surface area contributed by atoms with Crippen LogP contribution in [0.15, 0.2) is 18.2 Å². The molecular weight excluding hydrogens is 220 g/mol. The maximum Gasteiger partial charge on any atom is 0.0459 e. The third-order valence-corrected chi connectivity index (χ3v) is 3.52. The molecule has 0 saturated carbocycles. The Labute approximate surface area is 110 Å². The normalized spacial score (nSPS) is 11.6. The highest BCUT2D eigenvalue weighted by Gasteiger charge is 2.08. The first kappa shape index (κ1) is 13.2. The molecule has 2 N–H and O–H groups in total. The molecule has 0 aliphatic carbocycles. The van der Waals surface area contributed by atoms with Crippen molar-refractivity contribution in [2.75, 3.05) is 6.54 Å². The van der Waals surface area contributed by atoms with Gasteiger partial charge in [-0.15, -0.1) is 0 Å². The van der Waals surface area contributed by atoms with Gasteiger partial charge >= 0.3 is 0 Å². The number of nitrogens with one attached hydrogen (secondary N) is 2. The SMILES string of the molecule is CCc1ccc2[nH]c(C)c(CCNC(C)C)c2c1. The molecule has 1 aromatic heterocycles. The topological polar surface area (TPSA) is 27.8 Å². The van der Waals surface area contributed by atoms with Crippen LogP contribution in [0.4, 0.5) is 0 Å². The fourth-order valence-electron chi connectivity index (χ4n) is 2.46. The molecule has 2 heteroatoms. The lowest BCUT2D eigenvalue weighted by atomic mass is 10.0. The van der Waals surface area contributed by atoms with Crippen molar-refractivity contribution in [2.45, 2.75) is 46.6 Å². The van der Waals surface area contributed by atoms with Gasteiger partial charge in [-0.05, 0) is 49.6 Å².